The lowest BCUT2D eigenvalue weighted by Crippen LogP contribution is -2.17. The molecular formula is C13H14N4OS. The predicted octanol–water partition coefficient (Wildman–Crippen LogP) is 2.20. The molecule has 5 nitrogen and oxygen atoms in total. The van der Waals surface area contributed by atoms with Crippen LogP contribution in [0.4, 0.5) is 0 Å². The van der Waals surface area contributed by atoms with Crippen molar-refractivity contribution in [1.29, 1.82) is 0 Å². The lowest BCUT2D eigenvalue weighted by molar-refractivity contribution is 0.0950. The number of rotatable bonds is 4. The fourth-order valence-corrected chi connectivity index (χ4v) is 1.86. The first kappa shape index (κ1) is 13.4. The second-order valence-electron chi connectivity index (χ2n) is 3.91. The molecule has 6 heteroatoms. The molecule has 0 spiro atoms. The molecule has 19 heavy (non-hydrogen) atoms. The molecule has 0 aliphatic heterocycles. The van der Waals surface area contributed by atoms with Crippen molar-refractivity contribution in [2.24, 2.45) is 5.10 Å². The molecule has 2 N–H and O–H groups in total. The summed E-state index contributed by atoms with van der Waals surface area (Å²) in [5.74, 6) is -0.332. The van der Waals surface area contributed by atoms with E-state index in [0.29, 0.717) is 5.69 Å². The van der Waals surface area contributed by atoms with Crippen LogP contribution in [-0.4, -0.2) is 28.6 Å². The van der Waals surface area contributed by atoms with Crippen molar-refractivity contribution in [3.63, 3.8) is 0 Å². The summed E-state index contributed by atoms with van der Waals surface area (Å²) in [6.07, 6.45) is 3.62. The zero-order valence-electron chi connectivity index (χ0n) is 10.7. The quantitative estimate of drug-likeness (QED) is 0.510. The minimum atomic E-state index is -0.332. The van der Waals surface area contributed by atoms with Gasteiger partial charge in [-0.2, -0.15) is 10.2 Å². The second-order valence-corrected chi connectivity index (χ2v) is 4.79. The van der Waals surface area contributed by atoms with Gasteiger partial charge in [-0.25, -0.2) is 5.43 Å². The summed E-state index contributed by atoms with van der Waals surface area (Å²) >= 11 is 1.68. The summed E-state index contributed by atoms with van der Waals surface area (Å²) in [7, 11) is 0. The molecule has 1 aromatic carbocycles. The van der Waals surface area contributed by atoms with E-state index < -0.39 is 0 Å². The number of aromatic amines is 1. The first-order chi connectivity index (χ1) is 9.19. The number of thioether (sulfide) groups is 1. The van der Waals surface area contributed by atoms with Gasteiger partial charge in [-0.15, -0.1) is 11.8 Å². The van der Waals surface area contributed by atoms with Gasteiger partial charge < -0.3 is 0 Å². The van der Waals surface area contributed by atoms with Crippen molar-refractivity contribution >= 4 is 23.9 Å². The lowest BCUT2D eigenvalue weighted by atomic mass is 10.2. The Morgan fingerprint density at radius 2 is 2.16 bits per heavy atom. The van der Waals surface area contributed by atoms with Gasteiger partial charge in [0.2, 0.25) is 0 Å². The van der Waals surface area contributed by atoms with Gasteiger partial charge in [-0.1, -0.05) is 12.1 Å². The summed E-state index contributed by atoms with van der Waals surface area (Å²) in [4.78, 5) is 12.8. The van der Waals surface area contributed by atoms with Crippen LogP contribution < -0.4 is 5.43 Å². The monoisotopic (exact) mass is 274 g/mol. The van der Waals surface area contributed by atoms with E-state index in [0.717, 1.165) is 11.3 Å². The number of hydrogen-bond donors (Lipinski definition) is 2. The van der Waals surface area contributed by atoms with E-state index in [2.05, 4.69) is 20.7 Å². The van der Waals surface area contributed by atoms with Crippen molar-refractivity contribution in [3.05, 3.63) is 47.3 Å². The fourth-order valence-electron chi connectivity index (χ4n) is 1.45. The van der Waals surface area contributed by atoms with Crippen LogP contribution in [0.15, 0.2) is 40.3 Å². The normalized spacial score (nSPS) is 10.8. The van der Waals surface area contributed by atoms with Crippen LogP contribution in [0.5, 0.6) is 0 Å². The standard InChI is InChI=1S/C13H14N4OS/c1-9-7-12(16-15-9)13(18)17-14-8-10-3-5-11(19-2)6-4-10/h3-8H,1-2H3,(H,15,16)(H,17,18). The molecule has 1 heterocycles. The highest BCUT2D eigenvalue weighted by Gasteiger charge is 2.07. The van der Waals surface area contributed by atoms with Gasteiger partial charge in [-0.3, -0.25) is 9.89 Å². The molecule has 0 aliphatic carbocycles. The first-order valence-corrected chi connectivity index (χ1v) is 6.91. The number of nitrogens with one attached hydrogen (secondary N) is 2. The van der Waals surface area contributed by atoms with Crippen molar-refractivity contribution in [2.75, 3.05) is 6.26 Å². The molecule has 2 aromatic rings. The molecule has 0 unspecified atom stereocenters. The largest absolute Gasteiger partial charge is 0.291 e. The summed E-state index contributed by atoms with van der Waals surface area (Å²) < 4.78 is 0. The van der Waals surface area contributed by atoms with Crippen molar-refractivity contribution in [3.8, 4) is 0 Å². The molecule has 2 rings (SSSR count). The van der Waals surface area contributed by atoms with E-state index in [1.54, 1.807) is 24.0 Å². The number of H-pyrrole nitrogens is 1. The topological polar surface area (TPSA) is 70.1 Å². The number of carbonyl (C=O) groups is 1. The molecule has 1 aromatic heterocycles. The zero-order valence-corrected chi connectivity index (χ0v) is 11.5. The molecule has 0 radical (unpaired) electrons. The van der Waals surface area contributed by atoms with E-state index >= 15 is 0 Å². The van der Waals surface area contributed by atoms with Crippen LogP contribution in [0.1, 0.15) is 21.7 Å². The molecule has 0 fully saturated rings. The lowest BCUT2D eigenvalue weighted by Gasteiger charge is -1.97. The maximum absolute atomic E-state index is 11.6. The average Bonchev–Trinajstić information content (AvgIpc) is 2.86. The van der Waals surface area contributed by atoms with Gasteiger partial charge in [0.15, 0.2) is 5.69 Å². The summed E-state index contributed by atoms with van der Waals surface area (Å²) in [6.45, 7) is 1.83. The highest BCUT2D eigenvalue weighted by molar-refractivity contribution is 7.98. The number of hydrogen-bond acceptors (Lipinski definition) is 4. The highest BCUT2D eigenvalue weighted by atomic mass is 32.2. The fraction of sp³-hybridized carbons (Fsp3) is 0.154. The Kier molecular flexibility index (Phi) is 4.35. The molecule has 0 aliphatic rings. The summed E-state index contributed by atoms with van der Waals surface area (Å²) in [5, 5.41) is 10.5. The van der Waals surface area contributed by atoms with Crippen LogP contribution in [0.3, 0.4) is 0 Å². The number of benzene rings is 1. The minimum absolute atomic E-state index is 0.326. The Morgan fingerprint density at radius 3 is 2.74 bits per heavy atom. The van der Waals surface area contributed by atoms with E-state index in [9.17, 15) is 4.79 Å². The van der Waals surface area contributed by atoms with Gasteiger partial charge in [0, 0.05) is 10.6 Å². The molecule has 0 saturated heterocycles. The Hall–Kier alpha value is -2.08. The average molecular weight is 274 g/mol. The third kappa shape index (κ3) is 3.69. The molecule has 0 atom stereocenters. The van der Waals surface area contributed by atoms with Gasteiger partial charge in [0.1, 0.15) is 0 Å². The maximum atomic E-state index is 11.6. The third-order valence-corrected chi connectivity index (χ3v) is 3.18. The number of aryl methyl sites for hydroxylation is 1. The van der Waals surface area contributed by atoms with Gasteiger partial charge in [0.05, 0.1) is 6.21 Å². The number of amides is 1. The second kappa shape index (κ2) is 6.19. The Balaban J connectivity index is 1.94. The Labute approximate surface area is 115 Å². The van der Waals surface area contributed by atoms with Crippen LogP contribution in [-0.2, 0) is 0 Å². The molecule has 98 valence electrons. The molecular weight excluding hydrogens is 260 g/mol. The van der Waals surface area contributed by atoms with Crippen LogP contribution in [0.25, 0.3) is 0 Å². The molecule has 0 bridgehead atoms. The number of hydrazone groups is 1. The number of carbonyl (C=O) groups excluding carboxylic acids is 1. The zero-order chi connectivity index (χ0) is 13.7. The van der Waals surface area contributed by atoms with Crippen LogP contribution in [0, 0.1) is 6.92 Å². The maximum Gasteiger partial charge on any atom is 0.291 e. The predicted molar refractivity (Wildman–Crippen MR) is 76.6 cm³/mol. The minimum Gasteiger partial charge on any atom is -0.282 e. The van der Waals surface area contributed by atoms with E-state index in [1.165, 1.54) is 4.90 Å². The van der Waals surface area contributed by atoms with Crippen LogP contribution >= 0.6 is 11.8 Å². The smallest absolute Gasteiger partial charge is 0.282 e. The van der Waals surface area contributed by atoms with Crippen molar-refractivity contribution < 1.29 is 4.79 Å². The first-order valence-electron chi connectivity index (χ1n) is 5.68. The summed E-state index contributed by atoms with van der Waals surface area (Å²) in [5.41, 5.74) is 4.52. The van der Waals surface area contributed by atoms with Crippen molar-refractivity contribution in [2.45, 2.75) is 11.8 Å². The molecule has 0 saturated carbocycles. The van der Waals surface area contributed by atoms with E-state index in [-0.39, 0.29) is 5.91 Å². The third-order valence-electron chi connectivity index (χ3n) is 2.43. The Morgan fingerprint density at radius 1 is 1.42 bits per heavy atom. The van der Waals surface area contributed by atoms with E-state index in [4.69, 9.17) is 0 Å². The van der Waals surface area contributed by atoms with Gasteiger partial charge in [0.25, 0.3) is 5.91 Å². The number of nitrogens with zero attached hydrogens (tertiary/aromatic N) is 2. The van der Waals surface area contributed by atoms with Gasteiger partial charge in [-0.05, 0) is 36.9 Å². The highest BCUT2D eigenvalue weighted by Crippen LogP contribution is 2.13. The van der Waals surface area contributed by atoms with Crippen molar-refractivity contribution in [1.82, 2.24) is 15.6 Å². The van der Waals surface area contributed by atoms with Gasteiger partial charge >= 0.3 is 0 Å². The summed E-state index contributed by atoms with van der Waals surface area (Å²) in [6, 6.07) is 9.56. The molecule has 1 amide bonds. The Bertz CT molecular complexity index is 589. The van der Waals surface area contributed by atoms with E-state index in [1.807, 2.05) is 37.4 Å². The SMILES string of the molecule is CSc1ccc(C=NNC(=O)c2cc(C)[nH]n2)cc1. The van der Waals surface area contributed by atoms with Crippen LogP contribution in [0.2, 0.25) is 0 Å². The number of aromatic nitrogens is 2.